The van der Waals surface area contributed by atoms with Crippen LogP contribution in [-0.4, -0.2) is 37.8 Å². The lowest BCUT2D eigenvalue weighted by atomic mass is 10.0. The molecule has 0 amide bonds. The van der Waals surface area contributed by atoms with Crippen molar-refractivity contribution in [1.82, 2.24) is 24.7 Å². The van der Waals surface area contributed by atoms with Gasteiger partial charge >= 0.3 is 0 Å². The van der Waals surface area contributed by atoms with Crippen LogP contribution in [0.5, 0.6) is 0 Å². The summed E-state index contributed by atoms with van der Waals surface area (Å²) in [6.07, 6.45) is 6.65. The molecule has 4 rings (SSSR count). The topological polar surface area (TPSA) is 59.7 Å². The molecule has 0 N–H and O–H groups in total. The average molecular weight is 435 g/mol. The van der Waals surface area contributed by atoms with Gasteiger partial charge in [-0.3, -0.25) is 0 Å². The van der Waals surface area contributed by atoms with Crippen LogP contribution in [0.3, 0.4) is 0 Å². The van der Waals surface area contributed by atoms with E-state index in [0.29, 0.717) is 12.0 Å². The number of hydrogen-bond donors (Lipinski definition) is 0. The number of fused-ring (bicyclic) bond motifs is 1. The minimum Gasteiger partial charge on any atom is -0.356 e. The Balaban J connectivity index is 1.91. The van der Waals surface area contributed by atoms with Crippen LogP contribution in [0.1, 0.15) is 95.8 Å². The molecule has 6 nitrogen and oxygen atoms in total. The maximum absolute atomic E-state index is 5.20. The lowest BCUT2D eigenvalue weighted by Crippen LogP contribution is -2.31. The van der Waals surface area contributed by atoms with Crippen molar-refractivity contribution in [1.29, 1.82) is 0 Å². The van der Waals surface area contributed by atoms with Crippen molar-refractivity contribution in [3.05, 3.63) is 29.2 Å². The van der Waals surface area contributed by atoms with Crippen LogP contribution in [-0.2, 0) is 6.42 Å². The quantitative estimate of drug-likeness (QED) is 0.441. The van der Waals surface area contributed by atoms with E-state index in [-0.39, 0.29) is 0 Å². The summed E-state index contributed by atoms with van der Waals surface area (Å²) < 4.78 is 2.10. The van der Waals surface area contributed by atoms with Crippen molar-refractivity contribution >= 4 is 17.0 Å². The SMILES string of the molecule is CCc1nc2c(nc1-c1ccc(C(C)C)nc1N1CCCCC1)c(C)nn2C(CC)CC. The van der Waals surface area contributed by atoms with Crippen LogP contribution in [0.15, 0.2) is 12.1 Å². The standard InChI is InChI=1S/C26H38N6/c1-7-19(8-2)32-26-23(18(6)30-32)29-24(21(9-3)27-26)20-13-14-22(17(4)5)28-25(20)31-15-11-10-12-16-31/h13-14,17,19H,7-12,15-16H2,1-6H3. The summed E-state index contributed by atoms with van der Waals surface area (Å²) in [7, 11) is 0. The second kappa shape index (κ2) is 9.55. The first-order valence-corrected chi connectivity index (χ1v) is 12.5. The maximum Gasteiger partial charge on any atom is 0.177 e. The fourth-order valence-electron chi connectivity index (χ4n) is 4.79. The van der Waals surface area contributed by atoms with E-state index in [1.54, 1.807) is 0 Å². The molecule has 0 aliphatic carbocycles. The highest BCUT2D eigenvalue weighted by molar-refractivity contribution is 5.82. The van der Waals surface area contributed by atoms with Crippen molar-refractivity contribution in [2.45, 2.75) is 92.0 Å². The van der Waals surface area contributed by atoms with Crippen molar-refractivity contribution in [3.63, 3.8) is 0 Å². The molecule has 4 heterocycles. The molecule has 172 valence electrons. The summed E-state index contributed by atoms with van der Waals surface area (Å²) in [6.45, 7) is 15.2. The van der Waals surface area contributed by atoms with Crippen molar-refractivity contribution in [2.75, 3.05) is 18.0 Å². The van der Waals surface area contributed by atoms with Gasteiger partial charge in [-0.25, -0.2) is 19.6 Å². The molecule has 1 saturated heterocycles. The number of piperidine rings is 1. The first kappa shape index (κ1) is 22.7. The maximum atomic E-state index is 5.20. The Morgan fingerprint density at radius 3 is 2.28 bits per heavy atom. The molecule has 0 saturated carbocycles. The number of aryl methyl sites for hydroxylation is 2. The van der Waals surface area contributed by atoms with Gasteiger partial charge in [0, 0.05) is 24.3 Å². The Bertz CT molecular complexity index is 1070. The number of aromatic nitrogens is 5. The van der Waals surface area contributed by atoms with Gasteiger partial charge < -0.3 is 4.90 Å². The van der Waals surface area contributed by atoms with E-state index in [0.717, 1.165) is 77.7 Å². The van der Waals surface area contributed by atoms with Crippen LogP contribution >= 0.6 is 0 Å². The summed E-state index contributed by atoms with van der Waals surface area (Å²) in [4.78, 5) is 18.0. The van der Waals surface area contributed by atoms with E-state index in [2.05, 4.69) is 63.3 Å². The molecule has 3 aromatic heterocycles. The zero-order chi connectivity index (χ0) is 22.8. The van der Waals surface area contributed by atoms with E-state index >= 15 is 0 Å². The second-order valence-corrected chi connectivity index (χ2v) is 9.35. The molecule has 1 fully saturated rings. The van der Waals surface area contributed by atoms with Gasteiger partial charge in [0.05, 0.1) is 23.1 Å². The van der Waals surface area contributed by atoms with Crippen LogP contribution in [0, 0.1) is 6.92 Å². The molecule has 1 aliphatic rings. The predicted molar refractivity (Wildman–Crippen MR) is 132 cm³/mol. The van der Waals surface area contributed by atoms with Gasteiger partial charge in [-0.1, -0.05) is 34.6 Å². The second-order valence-electron chi connectivity index (χ2n) is 9.35. The molecular weight excluding hydrogens is 396 g/mol. The number of pyridine rings is 1. The van der Waals surface area contributed by atoms with Gasteiger partial charge in [0.2, 0.25) is 0 Å². The van der Waals surface area contributed by atoms with Gasteiger partial charge in [0.1, 0.15) is 11.3 Å². The Morgan fingerprint density at radius 1 is 0.938 bits per heavy atom. The minimum atomic E-state index is 0.354. The third-order valence-corrected chi connectivity index (χ3v) is 6.79. The Hall–Kier alpha value is -2.50. The van der Waals surface area contributed by atoms with Gasteiger partial charge in [-0.2, -0.15) is 5.10 Å². The van der Waals surface area contributed by atoms with Crippen LogP contribution in [0.2, 0.25) is 0 Å². The monoisotopic (exact) mass is 434 g/mol. The van der Waals surface area contributed by atoms with Gasteiger partial charge in [0.15, 0.2) is 5.65 Å². The molecule has 0 atom stereocenters. The van der Waals surface area contributed by atoms with E-state index < -0.39 is 0 Å². The Kier molecular flexibility index (Phi) is 6.77. The number of rotatable bonds is 7. The van der Waals surface area contributed by atoms with E-state index in [1.807, 2.05) is 0 Å². The molecule has 1 aliphatic heterocycles. The Morgan fingerprint density at radius 2 is 1.66 bits per heavy atom. The lowest BCUT2D eigenvalue weighted by Gasteiger charge is -2.30. The average Bonchev–Trinajstić information content (AvgIpc) is 3.14. The summed E-state index contributed by atoms with van der Waals surface area (Å²) in [5, 5.41) is 4.86. The molecule has 6 heteroatoms. The van der Waals surface area contributed by atoms with Crippen LogP contribution in [0.25, 0.3) is 22.4 Å². The lowest BCUT2D eigenvalue weighted by molar-refractivity contribution is 0.436. The largest absolute Gasteiger partial charge is 0.356 e. The molecule has 32 heavy (non-hydrogen) atoms. The molecule has 0 spiro atoms. The van der Waals surface area contributed by atoms with Gasteiger partial charge in [-0.15, -0.1) is 0 Å². The molecule has 0 radical (unpaired) electrons. The smallest absolute Gasteiger partial charge is 0.177 e. The summed E-state index contributed by atoms with van der Waals surface area (Å²) in [6, 6.07) is 4.74. The third-order valence-electron chi connectivity index (χ3n) is 6.79. The highest BCUT2D eigenvalue weighted by Gasteiger charge is 2.24. The number of hydrogen-bond acceptors (Lipinski definition) is 5. The molecule has 0 bridgehead atoms. The first-order chi connectivity index (χ1) is 15.5. The number of nitrogens with zero attached hydrogens (tertiary/aromatic N) is 6. The van der Waals surface area contributed by atoms with Gasteiger partial charge in [0.25, 0.3) is 0 Å². The van der Waals surface area contributed by atoms with E-state index in [9.17, 15) is 0 Å². The first-order valence-electron chi connectivity index (χ1n) is 12.5. The highest BCUT2D eigenvalue weighted by atomic mass is 15.3. The summed E-state index contributed by atoms with van der Waals surface area (Å²) in [5.41, 5.74) is 7.04. The zero-order valence-electron chi connectivity index (χ0n) is 20.6. The third kappa shape index (κ3) is 4.12. The fourth-order valence-corrected chi connectivity index (χ4v) is 4.79. The molecule has 0 aromatic carbocycles. The summed E-state index contributed by atoms with van der Waals surface area (Å²) >= 11 is 0. The van der Waals surface area contributed by atoms with Crippen molar-refractivity contribution < 1.29 is 0 Å². The Labute approximate surface area is 192 Å². The predicted octanol–water partition coefficient (Wildman–Crippen LogP) is 6.23. The van der Waals surface area contributed by atoms with E-state index in [4.69, 9.17) is 20.1 Å². The van der Waals surface area contributed by atoms with Gasteiger partial charge in [-0.05, 0) is 63.5 Å². The van der Waals surface area contributed by atoms with Crippen LogP contribution in [0.4, 0.5) is 5.82 Å². The molecule has 0 unspecified atom stereocenters. The minimum absolute atomic E-state index is 0.354. The van der Waals surface area contributed by atoms with Crippen LogP contribution < -0.4 is 4.90 Å². The zero-order valence-corrected chi connectivity index (χ0v) is 20.6. The fraction of sp³-hybridized carbons (Fsp3) is 0.615. The number of anilines is 1. The highest BCUT2D eigenvalue weighted by Crippen LogP contribution is 2.35. The van der Waals surface area contributed by atoms with E-state index in [1.165, 1.54) is 19.3 Å². The normalized spacial score (nSPS) is 14.8. The molecule has 3 aromatic rings. The van der Waals surface area contributed by atoms with Crippen molar-refractivity contribution in [2.24, 2.45) is 0 Å². The summed E-state index contributed by atoms with van der Waals surface area (Å²) in [5.74, 6) is 1.47. The molecular formula is C26H38N6. The van der Waals surface area contributed by atoms with Crippen molar-refractivity contribution in [3.8, 4) is 11.3 Å².